The molecular formula is C24H25N3O5. The lowest BCUT2D eigenvalue weighted by molar-refractivity contribution is -0.157. The van der Waals surface area contributed by atoms with Crippen molar-refractivity contribution in [3.05, 3.63) is 48.0 Å². The molecule has 8 heteroatoms. The second kappa shape index (κ2) is 8.00. The summed E-state index contributed by atoms with van der Waals surface area (Å²) in [6.07, 6.45) is 5.40. The van der Waals surface area contributed by atoms with E-state index in [0.29, 0.717) is 6.42 Å². The Morgan fingerprint density at radius 1 is 0.812 bits per heavy atom. The van der Waals surface area contributed by atoms with Gasteiger partial charge in [0.1, 0.15) is 13.1 Å². The van der Waals surface area contributed by atoms with Crippen LogP contribution < -0.4 is 0 Å². The lowest BCUT2D eigenvalue weighted by Crippen LogP contribution is -2.56. The minimum absolute atomic E-state index is 0.000454. The number of imide groups is 2. The van der Waals surface area contributed by atoms with Gasteiger partial charge in [-0.25, -0.2) is 0 Å². The van der Waals surface area contributed by atoms with Crippen molar-refractivity contribution < 1.29 is 24.0 Å². The summed E-state index contributed by atoms with van der Waals surface area (Å²) in [4.78, 5) is 66.8. The van der Waals surface area contributed by atoms with Gasteiger partial charge in [0.25, 0.3) is 0 Å². The third kappa shape index (κ3) is 3.43. The van der Waals surface area contributed by atoms with E-state index in [1.54, 1.807) is 0 Å². The van der Waals surface area contributed by atoms with Crippen molar-refractivity contribution in [2.24, 2.45) is 23.7 Å². The maximum atomic E-state index is 12.7. The van der Waals surface area contributed by atoms with Gasteiger partial charge in [0, 0.05) is 19.5 Å². The number of hydrogen-bond donors (Lipinski definition) is 0. The van der Waals surface area contributed by atoms with Gasteiger partial charge in [0.05, 0.1) is 11.8 Å². The Morgan fingerprint density at radius 3 is 2.00 bits per heavy atom. The summed E-state index contributed by atoms with van der Waals surface area (Å²) in [5.41, 5.74) is 1.03. The smallest absolute Gasteiger partial charge is 0.248 e. The van der Waals surface area contributed by atoms with E-state index in [4.69, 9.17) is 0 Å². The molecule has 3 fully saturated rings. The number of piperazine rings is 1. The summed E-state index contributed by atoms with van der Waals surface area (Å²) in [6, 6.07) is 9.58. The first kappa shape index (κ1) is 20.6. The number of fused-ring (bicyclic) bond motifs is 5. The standard InChI is InChI=1S/C24H25N3O5/c28-18(9-11-27-23(31)21-16-6-7-17(12-16)22(21)24(27)32)25-13-19(29)26(20(30)14-25)10-8-15-4-2-1-3-5-15/h1-7,16-17,21-22H,8-14H2/t16-,17-,21-,22-/m0/s1. The lowest BCUT2D eigenvalue weighted by atomic mass is 9.85. The van der Waals surface area contributed by atoms with E-state index in [2.05, 4.69) is 0 Å². The first-order valence-corrected chi connectivity index (χ1v) is 11.1. The number of rotatable bonds is 6. The molecule has 1 aromatic rings. The van der Waals surface area contributed by atoms with Crippen molar-refractivity contribution in [3.63, 3.8) is 0 Å². The third-order valence-electron chi connectivity index (χ3n) is 7.18. The number of benzene rings is 1. The molecule has 0 spiro atoms. The molecular weight excluding hydrogens is 410 g/mol. The Bertz CT molecular complexity index is 972. The summed E-state index contributed by atoms with van der Waals surface area (Å²) in [5, 5.41) is 0. The summed E-state index contributed by atoms with van der Waals surface area (Å²) in [7, 11) is 0. The Labute approximate surface area is 185 Å². The number of likely N-dealkylation sites (tertiary alicyclic amines) is 1. The van der Waals surface area contributed by atoms with Gasteiger partial charge in [0.2, 0.25) is 29.5 Å². The molecule has 0 radical (unpaired) electrons. The normalized spacial score (nSPS) is 28.8. The third-order valence-corrected chi connectivity index (χ3v) is 7.18. The van der Waals surface area contributed by atoms with Crippen LogP contribution in [0.15, 0.2) is 42.5 Å². The molecule has 1 aromatic carbocycles. The van der Waals surface area contributed by atoms with Gasteiger partial charge in [-0.15, -0.1) is 0 Å². The van der Waals surface area contributed by atoms with Gasteiger partial charge in [-0.05, 0) is 30.2 Å². The zero-order valence-electron chi connectivity index (χ0n) is 17.7. The zero-order chi connectivity index (χ0) is 22.4. The Hall–Kier alpha value is -3.29. The molecule has 0 N–H and O–H groups in total. The summed E-state index contributed by atoms with van der Waals surface area (Å²) in [5.74, 6) is -1.92. The van der Waals surface area contributed by atoms with Gasteiger partial charge in [-0.2, -0.15) is 0 Å². The Balaban J connectivity index is 1.14. The van der Waals surface area contributed by atoms with Crippen LogP contribution in [-0.2, 0) is 30.4 Å². The van der Waals surface area contributed by atoms with Crippen LogP contribution in [-0.4, -0.2) is 70.4 Å². The molecule has 2 saturated heterocycles. The summed E-state index contributed by atoms with van der Waals surface area (Å²) < 4.78 is 0. The largest absolute Gasteiger partial charge is 0.324 e. The molecule has 8 nitrogen and oxygen atoms in total. The molecule has 5 amide bonds. The molecule has 2 bridgehead atoms. The van der Waals surface area contributed by atoms with Gasteiger partial charge in [0.15, 0.2) is 0 Å². The number of nitrogens with zero attached hydrogens (tertiary/aromatic N) is 3. The summed E-state index contributed by atoms with van der Waals surface area (Å²) >= 11 is 0. The highest BCUT2D eigenvalue weighted by molar-refractivity contribution is 6.07. The second-order valence-electron chi connectivity index (χ2n) is 9.00. The van der Waals surface area contributed by atoms with Crippen LogP contribution in [0, 0.1) is 23.7 Å². The number of amides is 5. The molecule has 166 valence electrons. The maximum absolute atomic E-state index is 12.7. The highest BCUT2D eigenvalue weighted by Gasteiger charge is 2.59. The number of allylic oxidation sites excluding steroid dienone is 2. The first-order chi connectivity index (χ1) is 15.4. The highest BCUT2D eigenvalue weighted by atomic mass is 16.2. The molecule has 32 heavy (non-hydrogen) atoms. The van der Waals surface area contributed by atoms with Crippen LogP contribution in [0.3, 0.4) is 0 Å². The second-order valence-corrected chi connectivity index (χ2v) is 9.00. The van der Waals surface area contributed by atoms with Gasteiger partial charge in [-0.1, -0.05) is 42.5 Å². The van der Waals surface area contributed by atoms with E-state index in [9.17, 15) is 24.0 Å². The quantitative estimate of drug-likeness (QED) is 0.482. The van der Waals surface area contributed by atoms with Crippen LogP contribution >= 0.6 is 0 Å². The van der Waals surface area contributed by atoms with E-state index < -0.39 is 17.7 Å². The zero-order valence-corrected chi connectivity index (χ0v) is 17.7. The Kier molecular flexibility index (Phi) is 5.15. The van der Waals surface area contributed by atoms with Crippen molar-refractivity contribution in [2.45, 2.75) is 19.3 Å². The van der Waals surface area contributed by atoms with E-state index in [1.807, 2.05) is 42.5 Å². The molecule has 0 aromatic heterocycles. The predicted molar refractivity (Wildman–Crippen MR) is 113 cm³/mol. The average Bonchev–Trinajstić information content (AvgIpc) is 3.46. The van der Waals surface area contributed by atoms with Crippen LogP contribution in [0.5, 0.6) is 0 Å². The molecule has 1 saturated carbocycles. The fourth-order valence-electron chi connectivity index (χ4n) is 5.55. The minimum atomic E-state index is -0.406. The average molecular weight is 435 g/mol. The van der Waals surface area contributed by atoms with Gasteiger partial charge >= 0.3 is 0 Å². The van der Waals surface area contributed by atoms with E-state index in [0.717, 1.165) is 12.0 Å². The van der Waals surface area contributed by atoms with Crippen LogP contribution in [0.4, 0.5) is 0 Å². The van der Waals surface area contributed by atoms with Crippen molar-refractivity contribution in [2.75, 3.05) is 26.2 Å². The monoisotopic (exact) mass is 435 g/mol. The molecule has 2 aliphatic carbocycles. The predicted octanol–water partition coefficient (Wildman–Crippen LogP) is 0.624. The summed E-state index contributed by atoms with van der Waals surface area (Å²) in [6.45, 7) is -0.0552. The van der Waals surface area contributed by atoms with E-state index in [1.165, 1.54) is 14.7 Å². The van der Waals surface area contributed by atoms with Crippen LogP contribution in [0.1, 0.15) is 18.4 Å². The molecule has 0 unspecified atom stereocenters. The van der Waals surface area contributed by atoms with Gasteiger partial charge in [-0.3, -0.25) is 33.8 Å². The van der Waals surface area contributed by atoms with Crippen molar-refractivity contribution in [1.82, 2.24) is 14.7 Å². The van der Waals surface area contributed by atoms with E-state index >= 15 is 0 Å². The van der Waals surface area contributed by atoms with E-state index in [-0.39, 0.29) is 68.1 Å². The van der Waals surface area contributed by atoms with Crippen molar-refractivity contribution in [1.29, 1.82) is 0 Å². The SMILES string of the molecule is O=C(CCN1C(=O)[C@@H]2[C@@H](C1=O)[C@H]1C=C[C@H]2C1)N1CC(=O)N(CCc2ccccc2)C(=O)C1. The fourth-order valence-corrected chi connectivity index (χ4v) is 5.55. The lowest BCUT2D eigenvalue weighted by Gasteiger charge is -2.33. The Morgan fingerprint density at radius 2 is 1.41 bits per heavy atom. The van der Waals surface area contributed by atoms with Crippen molar-refractivity contribution >= 4 is 29.5 Å². The first-order valence-electron chi connectivity index (χ1n) is 11.1. The fraction of sp³-hybridized carbons (Fsp3) is 0.458. The molecule has 2 heterocycles. The van der Waals surface area contributed by atoms with Crippen LogP contribution in [0.25, 0.3) is 0 Å². The number of hydrogen-bond acceptors (Lipinski definition) is 5. The topological polar surface area (TPSA) is 95.1 Å². The molecule has 2 aliphatic heterocycles. The molecule has 4 aliphatic rings. The minimum Gasteiger partial charge on any atom is -0.324 e. The molecule has 5 rings (SSSR count). The van der Waals surface area contributed by atoms with Crippen molar-refractivity contribution in [3.8, 4) is 0 Å². The molecule has 4 atom stereocenters. The van der Waals surface area contributed by atoms with Crippen LogP contribution in [0.2, 0.25) is 0 Å². The highest BCUT2D eigenvalue weighted by Crippen LogP contribution is 2.52. The van der Waals surface area contributed by atoms with Gasteiger partial charge < -0.3 is 4.90 Å². The maximum Gasteiger partial charge on any atom is 0.248 e. The number of carbonyl (C=O) groups is 5. The number of carbonyl (C=O) groups excluding carboxylic acids is 5.